The second kappa shape index (κ2) is 4.27. The standard InChI is InChI=1S/C20H30O4/c1-17-4-11(23)5-20(9-21,10-22)16(17)14(24)7-19-6-13-12(3-15(17)19)18(13,2)8-19/h12-16,21-22,24H,3-10H2,1-2H3/t12-,13-,14-,15-,16+,17-,18-,19+/m1/s1. The van der Waals surface area contributed by atoms with E-state index in [4.69, 9.17) is 0 Å². The lowest BCUT2D eigenvalue weighted by Gasteiger charge is -2.66. The average Bonchev–Trinajstić information content (AvgIpc) is 2.96. The van der Waals surface area contributed by atoms with E-state index in [1.807, 2.05) is 0 Å². The maximum Gasteiger partial charge on any atom is 0.134 e. The van der Waals surface area contributed by atoms with Crippen molar-refractivity contribution in [3.8, 4) is 0 Å². The molecule has 0 heterocycles. The Kier molecular flexibility index (Phi) is 2.80. The van der Waals surface area contributed by atoms with Crippen molar-refractivity contribution < 1.29 is 20.1 Å². The summed E-state index contributed by atoms with van der Waals surface area (Å²) in [5.74, 6) is 2.07. The lowest BCUT2D eigenvalue weighted by Crippen LogP contribution is -2.66. The van der Waals surface area contributed by atoms with E-state index in [2.05, 4.69) is 13.8 Å². The van der Waals surface area contributed by atoms with Gasteiger partial charge in [-0.3, -0.25) is 4.79 Å². The molecule has 0 aromatic carbocycles. The number of ketones is 1. The van der Waals surface area contributed by atoms with Gasteiger partial charge in [0.05, 0.1) is 19.3 Å². The maximum atomic E-state index is 12.6. The van der Waals surface area contributed by atoms with Crippen LogP contribution in [0, 0.1) is 45.3 Å². The number of aliphatic hydroxyl groups excluding tert-OH is 3. The molecule has 0 unspecified atom stereocenters. The Morgan fingerprint density at radius 2 is 1.75 bits per heavy atom. The van der Waals surface area contributed by atoms with Crippen molar-refractivity contribution in [2.75, 3.05) is 13.2 Å². The minimum atomic E-state index is -0.849. The van der Waals surface area contributed by atoms with E-state index < -0.39 is 11.5 Å². The predicted molar refractivity (Wildman–Crippen MR) is 87.9 cm³/mol. The van der Waals surface area contributed by atoms with Crippen LogP contribution in [0.3, 0.4) is 0 Å². The van der Waals surface area contributed by atoms with Crippen molar-refractivity contribution in [2.45, 2.75) is 58.5 Å². The number of hydrogen-bond donors (Lipinski definition) is 3. The highest BCUT2D eigenvalue weighted by Gasteiger charge is 2.79. The van der Waals surface area contributed by atoms with Crippen LogP contribution in [0.15, 0.2) is 0 Å². The summed E-state index contributed by atoms with van der Waals surface area (Å²) in [4.78, 5) is 12.6. The van der Waals surface area contributed by atoms with Gasteiger partial charge in [-0.15, -0.1) is 0 Å². The van der Waals surface area contributed by atoms with Crippen LogP contribution in [0.25, 0.3) is 0 Å². The van der Waals surface area contributed by atoms with E-state index in [1.165, 1.54) is 19.3 Å². The third kappa shape index (κ3) is 1.51. The monoisotopic (exact) mass is 334 g/mol. The highest BCUT2D eigenvalue weighted by molar-refractivity contribution is 5.81. The van der Waals surface area contributed by atoms with Gasteiger partial charge in [0.1, 0.15) is 5.78 Å². The zero-order chi connectivity index (χ0) is 17.1. The molecule has 3 N–H and O–H groups in total. The predicted octanol–water partition coefficient (Wildman–Crippen LogP) is 1.76. The van der Waals surface area contributed by atoms with Crippen LogP contribution in [-0.4, -0.2) is 40.4 Å². The molecule has 0 amide bonds. The van der Waals surface area contributed by atoms with Crippen LogP contribution >= 0.6 is 0 Å². The van der Waals surface area contributed by atoms with Crippen molar-refractivity contribution >= 4 is 5.78 Å². The molecule has 0 radical (unpaired) electrons. The quantitative estimate of drug-likeness (QED) is 0.719. The largest absolute Gasteiger partial charge is 0.396 e. The summed E-state index contributed by atoms with van der Waals surface area (Å²) in [6.45, 7) is 4.18. The summed E-state index contributed by atoms with van der Waals surface area (Å²) in [5, 5.41) is 31.3. The van der Waals surface area contributed by atoms with E-state index >= 15 is 0 Å². The van der Waals surface area contributed by atoms with Crippen LogP contribution < -0.4 is 0 Å². The summed E-state index contributed by atoms with van der Waals surface area (Å²) in [6.07, 6.45) is 4.61. The Balaban J connectivity index is 1.61. The smallest absolute Gasteiger partial charge is 0.134 e. The summed E-state index contributed by atoms with van der Waals surface area (Å²) < 4.78 is 0. The third-order valence-corrected chi connectivity index (χ3v) is 9.58. The lowest BCUT2D eigenvalue weighted by molar-refractivity contribution is -0.225. The van der Waals surface area contributed by atoms with E-state index in [-0.39, 0.29) is 42.2 Å². The SMILES string of the molecule is C[C@@]12C[C@]34C[C@@H](O)[C@@H]5C(CO)(CO)CC(=O)C[C@]5(C)[C@H]3C[C@@H]1[C@H]2C4. The molecule has 0 aromatic heterocycles. The maximum absolute atomic E-state index is 12.6. The molecule has 4 heteroatoms. The minimum Gasteiger partial charge on any atom is -0.396 e. The highest BCUT2D eigenvalue weighted by Crippen LogP contribution is 2.85. The Hall–Kier alpha value is -0.450. The molecule has 0 saturated heterocycles. The van der Waals surface area contributed by atoms with Gasteiger partial charge in [0.25, 0.3) is 0 Å². The zero-order valence-corrected chi connectivity index (χ0v) is 14.8. The first-order chi connectivity index (χ1) is 11.2. The van der Waals surface area contributed by atoms with Gasteiger partial charge < -0.3 is 15.3 Å². The molecule has 1 spiro atoms. The van der Waals surface area contributed by atoms with Gasteiger partial charge in [0.15, 0.2) is 0 Å². The topological polar surface area (TPSA) is 77.8 Å². The number of aliphatic hydroxyl groups is 3. The van der Waals surface area contributed by atoms with Crippen LogP contribution in [0.5, 0.6) is 0 Å². The van der Waals surface area contributed by atoms with E-state index in [1.54, 1.807) is 0 Å². The number of carbonyl (C=O) groups excluding carboxylic acids is 1. The molecule has 6 aliphatic carbocycles. The second-order valence-electron chi connectivity index (χ2n) is 10.6. The third-order valence-electron chi connectivity index (χ3n) is 9.58. The van der Waals surface area contributed by atoms with Gasteiger partial charge in [-0.2, -0.15) is 0 Å². The molecule has 0 aromatic rings. The molecule has 4 nitrogen and oxygen atoms in total. The number of Topliss-reactive ketones (excluding diaryl/α,β-unsaturated/α-hetero) is 1. The average molecular weight is 334 g/mol. The minimum absolute atomic E-state index is 0.154. The molecule has 24 heavy (non-hydrogen) atoms. The lowest BCUT2D eigenvalue weighted by atomic mass is 9.38. The van der Waals surface area contributed by atoms with Crippen molar-refractivity contribution in [3.05, 3.63) is 0 Å². The Morgan fingerprint density at radius 3 is 2.33 bits per heavy atom. The molecule has 0 aliphatic heterocycles. The van der Waals surface area contributed by atoms with E-state index in [9.17, 15) is 20.1 Å². The van der Waals surface area contributed by atoms with Crippen molar-refractivity contribution in [1.29, 1.82) is 0 Å². The van der Waals surface area contributed by atoms with Gasteiger partial charge in [0, 0.05) is 24.2 Å². The molecule has 6 aliphatic rings. The number of rotatable bonds is 2. The van der Waals surface area contributed by atoms with Crippen LogP contribution in [0.2, 0.25) is 0 Å². The van der Waals surface area contributed by atoms with Gasteiger partial charge >= 0.3 is 0 Å². The van der Waals surface area contributed by atoms with Gasteiger partial charge in [0.2, 0.25) is 0 Å². The first-order valence-corrected chi connectivity index (χ1v) is 9.66. The summed E-state index contributed by atoms with van der Waals surface area (Å²) in [5.41, 5.74) is -0.456. The fourth-order valence-corrected chi connectivity index (χ4v) is 9.02. The Bertz CT molecular complexity index is 613. The van der Waals surface area contributed by atoms with Crippen LogP contribution in [0.1, 0.15) is 52.4 Å². The van der Waals surface area contributed by atoms with E-state index in [0.29, 0.717) is 17.8 Å². The summed E-state index contributed by atoms with van der Waals surface area (Å²) in [7, 11) is 0. The van der Waals surface area contributed by atoms with Crippen molar-refractivity contribution in [1.82, 2.24) is 0 Å². The van der Waals surface area contributed by atoms with E-state index in [0.717, 1.165) is 18.3 Å². The molecule has 8 atom stereocenters. The summed E-state index contributed by atoms with van der Waals surface area (Å²) in [6, 6.07) is 0. The first kappa shape index (κ1) is 15.8. The molecule has 6 rings (SSSR count). The van der Waals surface area contributed by atoms with Gasteiger partial charge in [-0.25, -0.2) is 0 Å². The van der Waals surface area contributed by atoms with Gasteiger partial charge in [-0.05, 0) is 59.7 Å². The van der Waals surface area contributed by atoms with Crippen LogP contribution in [-0.2, 0) is 4.79 Å². The van der Waals surface area contributed by atoms with Crippen LogP contribution in [0.4, 0.5) is 0 Å². The zero-order valence-electron chi connectivity index (χ0n) is 14.8. The Labute approximate surface area is 143 Å². The number of hydrogen-bond acceptors (Lipinski definition) is 4. The first-order valence-electron chi connectivity index (χ1n) is 9.66. The molecular formula is C20H30O4. The fraction of sp³-hybridized carbons (Fsp3) is 0.950. The Morgan fingerprint density at radius 1 is 1.04 bits per heavy atom. The molecule has 134 valence electrons. The normalized spacial score (nSPS) is 59.7. The number of carbonyl (C=O) groups is 1. The van der Waals surface area contributed by atoms with Crippen molar-refractivity contribution in [3.63, 3.8) is 0 Å². The highest BCUT2D eigenvalue weighted by atomic mass is 16.3. The molecule has 4 bridgehead atoms. The van der Waals surface area contributed by atoms with Crippen molar-refractivity contribution in [2.24, 2.45) is 45.3 Å². The molecule has 6 fully saturated rings. The molecular weight excluding hydrogens is 304 g/mol. The number of fused-ring (bicyclic) bond motifs is 1. The second-order valence-corrected chi connectivity index (χ2v) is 10.6. The summed E-state index contributed by atoms with van der Waals surface area (Å²) >= 11 is 0. The fourth-order valence-electron chi connectivity index (χ4n) is 9.02. The van der Waals surface area contributed by atoms with Gasteiger partial charge in [-0.1, -0.05) is 13.8 Å². The molecule has 6 saturated carbocycles.